The van der Waals surface area contributed by atoms with Crippen molar-refractivity contribution in [2.75, 3.05) is 28.6 Å². The Bertz CT molecular complexity index is 1420. The first-order valence-electron chi connectivity index (χ1n) is 11.7. The van der Waals surface area contributed by atoms with Crippen LogP contribution < -0.4 is 20.9 Å². The number of rotatable bonds is 7. The molecule has 10 heteroatoms. The predicted octanol–water partition coefficient (Wildman–Crippen LogP) is 7.76. The molecule has 4 amide bonds. The van der Waals surface area contributed by atoms with E-state index < -0.39 is 23.8 Å². The number of carbonyl (C=O) groups excluding carboxylic acids is 2. The van der Waals surface area contributed by atoms with Crippen molar-refractivity contribution in [2.24, 2.45) is 0 Å². The standard InChI is InChI=1S/C28H24ClF3N4O2/c29-21-12-14-22(15-13-21)34-27(38)36(23-9-4-8-20(18-23)28(30,31)32)17-5-16-33-26(37)35-25-11-3-7-19-6-1-2-10-24(19)25/h1-4,6-15,18H,5,16-17H2,(H,34,38)(H2,33,35,37). The van der Waals surface area contributed by atoms with Gasteiger partial charge in [0, 0.05) is 34.9 Å². The first kappa shape index (κ1) is 26.8. The zero-order valence-electron chi connectivity index (χ0n) is 20.1. The summed E-state index contributed by atoms with van der Waals surface area (Å²) in [4.78, 5) is 26.7. The minimum Gasteiger partial charge on any atom is -0.338 e. The lowest BCUT2D eigenvalue weighted by Crippen LogP contribution is -2.38. The lowest BCUT2D eigenvalue weighted by atomic mass is 10.1. The van der Waals surface area contributed by atoms with Crippen LogP contribution in [0.4, 0.5) is 39.8 Å². The van der Waals surface area contributed by atoms with Crippen LogP contribution in [-0.2, 0) is 6.18 Å². The first-order chi connectivity index (χ1) is 18.2. The van der Waals surface area contributed by atoms with Crippen molar-refractivity contribution >= 4 is 51.5 Å². The van der Waals surface area contributed by atoms with Gasteiger partial charge in [0.1, 0.15) is 0 Å². The molecule has 0 fully saturated rings. The molecule has 0 aromatic heterocycles. The zero-order valence-corrected chi connectivity index (χ0v) is 20.8. The van der Waals surface area contributed by atoms with Crippen LogP contribution in [0.25, 0.3) is 10.8 Å². The number of fused-ring (bicyclic) bond motifs is 1. The van der Waals surface area contributed by atoms with E-state index in [4.69, 9.17) is 11.6 Å². The van der Waals surface area contributed by atoms with Crippen LogP contribution in [0.2, 0.25) is 5.02 Å². The molecule has 3 N–H and O–H groups in total. The molecule has 0 unspecified atom stereocenters. The minimum absolute atomic E-state index is 0.0509. The third-order valence-corrected chi connectivity index (χ3v) is 5.96. The molecule has 38 heavy (non-hydrogen) atoms. The molecule has 0 aliphatic heterocycles. The molecule has 0 saturated carbocycles. The van der Waals surface area contributed by atoms with Crippen LogP contribution in [0.3, 0.4) is 0 Å². The van der Waals surface area contributed by atoms with Gasteiger partial charge in [0.2, 0.25) is 0 Å². The van der Waals surface area contributed by atoms with Crippen molar-refractivity contribution in [3.8, 4) is 0 Å². The normalized spacial score (nSPS) is 11.2. The predicted molar refractivity (Wildman–Crippen MR) is 145 cm³/mol. The Balaban J connectivity index is 1.41. The van der Waals surface area contributed by atoms with Crippen LogP contribution in [0.5, 0.6) is 0 Å². The van der Waals surface area contributed by atoms with E-state index in [1.54, 1.807) is 30.3 Å². The molecule has 0 saturated heterocycles. The third-order valence-electron chi connectivity index (χ3n) is 5.71. The molecule has 0 radical (unpaired) electrons. The van der Waals surface area contributed by atoms with Crippen LogP contribution in [0, 0.1) is 0 Å². The summed E-state index contributed by atoms with van der Waals surface area (Å²) in [5.41, 5.74) is 0.288. The average Bonchev–Trinajstić information content (AvgIpc) is 2.90. The van der Waals surface area contributed by atoms with Crippen LogP contribution in [0.1, 0.15) is 12.0 Å². The van der Waals surface area contributed by atoms with Crippen LogP contribution >= 0.6 is 11.6 Å². The number of nitrogens with zero attached hydrogens (tertiary/aromatic N) is 1. The minimum atomic E-state index is -4.56. The largest absolute Gasteiger partial charge is 0.416 e. The number of hydrogen-bond donors (Lipinski definition) is 3. The van der Waals surface area contributed by atoms with Gasteiger partial charge in [-0.05, 0) is 60.3 Å². The Morgan fingerprint density at radius 3 is 2.32 bits per heavy atom. The fourth-order valence-corrected chi connectivity index (χ4v) is 3.99. The first-order valence-corrected chi connectivity index (χ1v) is 12.1. The zero-order chi connectivity index (χ0) is 27.1. The maximum atomic E-state index is 13.3. The molecule has 0 spiro atoms. The van der Waals surface area contributed by atoms with E-state index in [1.807, 2.05) is 36.4 Å². The molecule has 0 heterocycles. The lowest BCUT2D eigenvalue weighted by molar-refractivity contribution is -0.137. The number of nitrogens with one attached hydrogen (secondary N) is 3. The molecule has 4 aromatic carbocycles. The van der Waals surface area contributed by atoms with E-state index in [-0.39, 0.29) is 25.2 Å². The van der Waals surface area contributed by atoms with E-state index in [9.17, 15) is 22.8 Å². The van der Waals surface area contributed by atoms with Crippen molar-refractivity contribution < 1.29 is 22.8 Å². The molecule has 4 rings (SSSR count). The Kier molecular flexibility index (Phi) is 8.38. The molecule has 0 aliphatic carbocycles. The highest BCUT2D eigenvalue weighted by atomic mass is 35.5. The summed E-state index contributed by atoms with van der Waals surface area (Å²) in [7, 11) is 0. The highest BCUT2D eigenvalue weighted by Crippen LogP contribution is 2.32. The van der Waals surface area contributed by atoms with Gasteiger partial charge in [-0.2, -0.15) is 13.2 Å². The van der Waals surface area contributed by atoms with Crippen molar-refractivity contribution in [2.45, 2.75) is 12.6 Å². The van der Waals surface area contributed by atoms with E-state index >= 15 is 0 Å². The Morgan fingerprint density at radius 2 is 1.55 bits per heavy atom. The van der Waals surface area contributed by atoms with Gasteiger partial charge in [-0.15, -0.1) is 0 Å². The SMILES string of the molecule is O=C(NCCCN(C(=O)Nc1ccc(Cl)cc1)c1cccc(C(F)(F)F)c1)Nc1cccc2ccccc12. The van der Waals surface area contributed by atoms with E-state index in [0.29, 0.717) is 16.4 Å². The second-order valence-corrected chi connectivity index (χ2v) is 8.83. The Labute approximate surface area is 222 Å². The number of halogens is 4. The molecule has 0 atom stereocenters. The van der Waals surface area contributed by atoms with Gasteiger partial charge in [0.15, 0.2) is 0 Å². The summed E-state index contributed by atoms with van der Waals surface area (Å²) in [5.74, 6) is 0. The fraction of sp³-hybridized carbons (Fsp3) is 0.143. The van der Waals surface area contributed by atoms with E-state index in [0.717, 1.165) is 22.9 Å². The number of alkyl halides is 3. The molecule has 6 nitrogen and oxygen atoms in total. The topological polar surface area (TPSA) is 73.5 Å². The molecule has 0 aliphatic rings. The molecular formula is C28H24ClF3N4O2. The second kappa shape index (κ2) is 11.9. The number of benzene rings is 4. The lowest BCUT2D eigenvalue weighted by Gasteiger charge is -2.24. The maximum absolute atomic E-state index is 13.3. The van der Waals surface area contributed by atoms with Crippen LogP contribution in [0.15, 0.2) is 91.0 Å². The number of carbonyl (C=O) groups is 2. The van der Waals surface area contributed by atoms with Gasteiger partial charge < -0.3 is 16.0 Å². The number of amides is 4. The van der Waals surface area contributed by atoms with Gasteiger partial charge in [0.25, 0.3) is 0 Å². The van der Waals surface area contributed by atoms with Crippen molar-refractivity contribution in [3.05, 3.63) is 102 Å². The van der Waals surface area contributed by atoms with E-state index in [1.165, 1.54) is 17.0 Å². The van der Waals surface area contributed by atoms with Crippen molar-refractivity contribution in [1.82, 2.24) is 5.32 Å². The van der Waals surface area contributed by atoms with E-state index in [2.05, 4.69) is 16.0 Å². The number of anilines is 3. The maximum Gasteiger partial charge on any atom is 0.416 e. The van der Waals surface area contributed by atoms with Gasteiger partial charge in [-0.3, -0.25) is 4.90 Å². The van der Waals surface area contributed by atoms with Crippen LogP contribution in [-0.4, -0.2) is 25.2 Å². The summed E-state index contributed by atoms with van der Waals surface area (Å²) < 4.78 is 39.9. The van der Waals surface area contributed by atoms with Gasteiger partial charge in [0.05, 0.1) is 11.3 Å². The van der Waals surface area contributed by atoms with Gasteiger partial charge in [-0.25, -0.2) is 9.59 Å². The summed E-state index contributed by atoms with van der Waals surface area (Å²) >= 11 is 5.89. The molecule has 4 aromatic rings. The highest BCUT2D eigenvalue weighted by molar-refractivity contribution is 6.30. The smallest absolute Gasteiger partial charge is 0.338 e. The second-order valence-electron chi connectivity index (χ2n) is 8.40. The summed E-state index contributed by atoms with van der Waals surface area (Å²) in [6, 6.07) is 23.0. The number of urea groups is 2. The third kappa shape index (κ3) is 6.95. The summed E-state index contributed by atoms with van der Waals surface area (Å²) in [6.45, 7) is 0.232. The Hall–Kier alpha value is -4.24. The summed E-state index contributed by atoms with van der Waals surface area (Å²) in [6.07, 6.45) is -4.27. The number of hydrogen-bond acceptors (Lipinski definition) is 2. The quantitative estimate of drug-likeness (QED) is 0.210. The van der Waals surface area contributed by atoms with Gasteiger partial charge >= 0.3 is 18.2 Å². The fourth-order valence-electron chi connectivity index (χ4n) is 3.86. The Morgan fingerprint density at radius 1 is 0.842 bits per heavy atom. The van der Waals surface area contributed by atoms with Crippen molar-refractivity contribution in [1.29, 1.82) is 0 Å². The van der Waals surface area contributed by atoms with Gasteiger partial charge in [-0.1, -0.05) is 54.1 Å². The highest BCUT2D eigenvalue weighted by Gasteiger charge is 2.31. The monoisotopic (exact) mass is 540 g/mol. The van der Waals surface area contributed by atoms with Crippen molar-refractivity contribution in [3.63, 3.8) is 0 Å². The average molecular weight is 541 g/mol. The molecule has 0 bridgehead atoms. The molecular weight excluding hydrogens is 517 g/mol. The molecule has 196 valence electrons. The summed E-state index contributed by atoms with van der Waals surface area (Å²) in [5, 5.41) is 10.6.